The van der Waals surface area contributed by atoms with E-state index in [1.54, 1.807) is 23.1 Å². The van der Waals surface area contributed by atoms with E-state index in [0.29, 0.717) is 23.9 Å². The summed E-state index contributed by atoms with van der Waals surface area (Å²) in [4.78, 5) is 48.9. The van der Waals surface area contributed by atoms with Crippen LogP contribution in [0.15, 0.2) is 54.9 Å². The summed E-state index contributed by atoms with van der Waals surface area (Å²) in [5, 5.41) is 5.77. The highest BCUT2D eigenvalue weighted by molar-refractivity contribution is 6.30. The van der Waals surface area contributed by atoms with Crippen molar-refractivity contribution in [3.05, 3.63) is 71.1 Å². The first kappa shape index (κ1) is 32.5. The maximum Gasteiger partial charge on any atom is 0.410 e. The first-order chi connectivity index (χ1) is 21.0. The first-order valence-corrected chi connectivity index (χ1v) is 14.5. The Kier molecular flexibility index (Phi) is 10.9. The third-order valence-corrected chi connectivity index (χ3v) is 6.65. The lowest BCUT2D eigenvalue weighted by molar-refractivity contribution is 0.0139. The lowest BCUT2D eigenvalue weighted by Gasteiger charge is -2.34. The molecule has 0 spiro atoms. The van der Waals surface area contributed by atoms with Crippen molar-refractivity contribution >= 4 is 41.0 Å². The maximum absolute atomic E-state index is 13.5. The van der Waals surface area contributed by atoms with Crippen molar-refractivity contribution in [3.63, 3.8) is 0 Å². The number of benzene rings is 1. The summed E-state index contributed by atoms with van der Waals surface area (Å²) in [6.45, 7) is 5.84. The summed E-state index contributed by atoms with van der Waals surface area (Å²) < 4.78 is 29.8. The maximum atomic E-state index is 13.5. The fraction of sp³-hybridized carbons (Fsp3) is 0.387. The minimum absolute atomic E-state index is 0.0160. The second-order valence-electron chi connectivity index (χ2n) is 11.1. The fourth-order valence-electron chi connectivity index (χ4n) is 4.46. The lowest BCUT2D eigenvalue weighted by Crippen LogP contribution is -2.44. The van der Waals surface area contributed by atoms with Crippen molar-refractivity contribution in [2.24, 2.45) is 5.92 Å². The summed E-state index contributed by atoms with van der Waals surface area (Å²) in [5.74, 6) is -0.386. The standard InChI is InChI=1S/C31H35ClFN5O6/c1-31(2,3)44-30(41)38-14-5-6-20(18-38)19-43-25-16-22(42-15-12-33)9-10-23(25)28(39)36-24-7-4-13-34-27(24)29(40)37-26-11-8-21(32)17-35-26/h4,7-11,13,16-17,20H,5-6,12,14-15,18-19H2,1-3H3,(H,36,39)(H,35,37,40). The number of halogens is 2. The SMILES string of the molecule is CC(C)(C)OC(=O)N1CCCC(COc2cc(OCCF)ccc2C(=O)Nc2cccnc2C(=O)Nc2ccc(Cl)cn2)C1. The number of nitrogens with one attached hydrogen (secondary N) is 2. The van der Waals surface area contributed by atoms with Gasteiger partial charge >= 0.3 is 6.09 Å². The Bertz CT molecular complexity index is 1470. The minimum Gasteiger partial charge on any atom is -0.492 e. The van der Waals surface area contributed by atoms with Gasteiger partial charge in [0.15, 0.2) is 5.69 Å². The van der Waals surface area contributed by atoms with Crippen LogP contribution in [0, 0.1) is 5.92 Å². The number of amides is 3. The molecule has 3 heterocycles. The van der Waals surface area contributed by atoms with Crippen LogP contribution in [0.2, 0.25) is 5.02 Å². The molecule has 4 rings (SSSR count). The Morgan fingerprint density at radius 2 is 1.89 bits per heavy atom. The number of ether oxygens (including phenoxy) is 3. The predicted octanol–water partition coefficient (Wildman–Crippen LogP) is 6.01. The van der Waals surface area contributed by atoms with E-state index in [-0.39, 0.29) is 53.7 Å². The van der Waals surface area contributed by atoms with Gasteiger partial charge in [-0.2, -0.15) is 0 Å². The highest BCUT2D eigenvalue weighted by Gasteiger charge is 2.28. The highest BCUT2D eigenvalue weighted by atomic mass is 35.5. The number of nitrogens with zero attached hydrogens (tertiary/aromatic N) is 3. The van der Waals surface area contributed by atoms with Gasteiger partial charge in [-0.05, 0) is 70.0 Å². The minimum atomic E-state index is -0.682. The van der Waals surface area contributed by atoms with Gasteiger partial charge in [-0.25, -0.2) is 19.2 Å². The monoisotopic (exact) mass is 627 g/mol. The average molecular weight is 628 g/mol. The quantitative estimate of drug-likeness (QED) is 0.279. The molecular formula is C31H35ClFN5O6. The molecule has 1 aliphatic heterocycles. The second-order valence-corrected chi connectivity index (χ2v) is 11.5. The average Bonchev–Trinajstić information content (AvgIpc) is 2.99. The lowest BCUT2D eigenvalue weighted by atomic mass is 9.99. The number of carbonyl (C=O) groups excluding carboxylic acids is 3. The number of aromatic nitrogens is 2. The van der Waals surface area contributed by atoms with Crippen molar-refractivity contribution in [1.29, 1.82) is 0 Å². The fourth-order valence-corrected chi connectivity index (χ4v) is 4.57. The Labute approximate surface area is 260 Å². The van der Waals surface area contributed by atoms with E-state index >= 15 is 0 Å². The zero-order chi connectivity index (χ0) is 31.7. The number of likely N-dealkylation sites (tertiary alicyclic amines) is 1. The van der Waals surface area contributed by atoms with Gasteiger partial charge in [0.1, 0.15) is 36.2 Å². The topological polar surface area (TPSA) is 132 Å². The molecule has 1 aromatic carbocycles. The number of anilines is 2. The predicted molar refractivity (Wildman–Crippen MR) is 163 cm³/mol. The van der Waals surface area contributed by atoms with Crippen LogP contribution in [-0.4, -0.2) is 71.4 Å². The molecule has 2 aromatic heterocycles. The van der Waals surface area contributed by atoms with E-state index in [1.165, 1.54) is 36.7 Å². The van der Waals surface area contributed by atoms with Crippen molar-refractivity contribution in [2.45, 2.75) is 39.2 Å². The largest absolute Gasteiger partial charge is 0.492 e. The molecule has 1 fully saturated rings. The molecule has 0 saturated carbocycles. The highest BCUT2D eigenvalue weighted by Crippen LogP contribution is 2.29. The Hall–Kier alpha value is -4.45. The molecule has 13 heteroatoms. The normalized spacial score (nSPS) is 14.8. The van der Waals surface area contributed by atoms with E-state index in [0.717, 1.165) is 12.8 Å². The van der Waals surface area contributed by atoms with Crippen LogP contribution in [0.1, 0.15) is 54.5 Å². The van der Waals surface area contributed by atoms with E-state index in [9.17, 15) is 18.8 Å². The number of rotatable bonds is 10. The zero-order valence-electron chi connectivity index (χ0n) is 24.8. The number of pyridine rings is 2. The molecule has 44 heavy (non-hydrogen) atoms. The smallest absolute Gasteiger partial charge is 0.410 e. The van der Waals surface area contributed by atoms with Crippen molar-refractivity contribution in [1.82, 2.24) is 14.9 Å². The number of alkyl halides is 1. The number of piperidine rings is 1. The molecule has 1 atom stereocenters. The van der Waals surface area contributed by atoms with Crippen LogP contribution in [-0.2, 0) is 4.74 Å². The molecule has 0 radical (unpaired) electrons. The van der Waals surface area contributed by atoms with Gasteiger partial charge in [0.2, 0.25) is 0 Å². The first-order valence-electron chi connectivity index (χ1n) is 14.1. The Morgan fingerprint density at radius 1 is 1.07 bits per heavy atom. The molecule has 3 aromatic rings. The molecule has 1 unspecified atom stereocenters. The van der Waals surface area contributed by atoms with Crippen LogP contribution in [0.3, 0.4) is 0 Å². The van der Waals surface area contributed by atoms with Crippen LogP contribution in [0.4, 0.5) is 20.7 Å². The van der Waals surface area contributed by atoms with E-state index in [2.05, 4.69) is 20.6 Å². The van der Waals surface area contributed by atoms with Gasteiger partial charge in [0, 0.05) is 37.5 Å². The van der Waals surface area contributed by atoms with Crippen LogP contribution in [0.5, 0.6) is 11.5 Å². The van der Waals surface area contributed by atoms with Crippen LogP contribution >= 0.6 is 11.6 Å². The molecule has 2 N–H and O–H groups in total. The van der Waals surface area contributed by atoms with Crippen LogP contribution in [0.25, 0.3) is 0 Å². The molecular weight excluding hydrogens is 593 g/mol. The number of hydrogen-bond acceptors (Lipinski definition) is 8. The summed E-state index contributed by atoms with van der Waals surface area (Å²) in [5.41, 5.74) is -0.322. The van der Waals surface area contributed by atoms with Gasteiger partial charge in [-0.15, -0.1) is 0 Å². The van der Waals surface area contributed by atoms with Gasteiger partial charge in [-0.1, -0.05) is 11.6 Å². The van der Waals surface area contributed by atoms with Crippen LogP contribution < -0.4 is 20.1 Å². The second kappa shape index (κ2) is 14.8. The zero-order valence-corrected chi connectivity index (χ0v) is 25.5. The van der Waals surface area contributed by atoms with Gasteiger partial charge in [0.05, 0.1) is 22.9 Å². The third-order valence-electron chi connectivity index (χ3n) is 6.43. The molecule has 234 valence electrons. The summed E-state index contributed by atoms with van der Waals surface area (Å²) >= 11 is 5.87. The number of carbonyl (C=O) groups is 3. The van der Waals surface area contributed by atoms with E-state index in [4.69, 9.17) is 25.8 Å². The molecule has 1 saturated heterocycles. The van der Waals surface area contributed by atoms with Crippen molar-refractivity contribution < 1.29 is 33.0 Å². The summed E-state index contributed by atoms with van der Waals surface area (Å²) in [7, 11) is 0. The Morgan fingerprint density at radius 3 is 2.61 bits per heavy atom. The molecule has 3 amide bonds. The van der Waals surface area contributed by atoms with Gasteiger partial charge < -0.3 is 29.7 Å². The summed E-state index contributed by atoms with van der Waals surface area (Å²) in [6.07, 6.45) is 4.03. The third kappa shape index (κ3) is 9.27. The van der Waals surface area contributed by atoms with Crippen molar-refractivity contribution in [2.75, 3.05) is 43.6 Å². The van der Waals surface area contributed by atoms with Crippen molar-refractivity contribution in [3.8, 4) is 11.5 Å². The molecule has 1 aliphatic rings. The summed E-state index contributed by atoms with van der Waals surface area (Å²) in [6, 6.07) is 10.8. The van der Waals surface area contributed by atoms with Gasteiger partial charge in [0.25, 0.3) is 11.8 Å². The molecule has 0 bridgehead atoms. The molecule has 0 aliphatic carbocycles. The molecule has 11 nitrogen and oxygen atoms in total. The van der Waals surface area contributed by atoms with E-state index < -0.39 is 24.1 Å². The Balaban J connectivity index is 1.49. The number of hydrogen-bond donors (Lipinski definition) is 2. The van der Waals surface area contributed by atoms with E-state index in [1.807, 2.05) is 20.8 Å². The van der Waals surface area contributed by atoms with Gasteiger partial charge in [-0.3, -0.25) is 9.59 Å².